The van der Waals surface area contributed by atoms with Crippen LogP contribution in [0, 0.1) is 0 Å². The SMILES string of the molecule is CNc1ccc(/C=C/CN(C)c2ccccc2NC)cc1. The fraction of sp³-hybridized carbons (Fsp3) is 0.222. The first kappa shape index (κ1) is 15.0. The zero-order chi connectivity index (χ0) is 15.1. The number of hydrogen-bond donors (Lipinski definition) is 2. The Balaban J connectivity index is 1.99. The van der Waals surface area contributed by atoms with Crippen LogP contribution in [0.4, 0.5) is 17.1 Å². The van der Waals surface area contributed by atoms with Gasteiger partial charge in [-0.1, -0.05) is 36.4 Å². The molecule has 0 atom stereocenters. The summed E-state index contributed by atoms with van der Waals surface area (Å²) in [5, 5.41) is 6.35. The van der Waals surface area contributed by atoms with Crippen LogP contribution in [0.25, 0.3) is 6.08 Å². The van der Waals surface area contributed by atoms with Crippen molar-refractivity contribution in [3.63, 3.8) is 0 Å². The monoisotopic (exact) mass is 281 g/mol. The Morgan fingerprint density at radius 1 is 0.952 bits per heavy atom. The smallest absolute Gasteiger partial charge is 0.0602 e. The van der Waals surface area contributed by atoms with Crippen molar-refractivity contribution in [3.05, 3.63) is 60.2 Å². The molecule has 0 aliphatic heterocycles. The van der Waals surface area contributed by atoms with Gasteiger partial charge >= 0.3 is 0 Å². The van der Waals surface area contributed by atoms with Crippen LogP contribution >= 0.6 is 0 Å². The molecule has 2 rings (SSSR count). The highest BCUT2D eigenvalue weighted by Crippen LogP contribution is 2.23. The van der Waals surface area contributed by atoms with E-state index in [1.807, 2.05) is 20.2 Å². The van der Waals surface area contributed by atoms with Crippen LogP contribution in [0.2, 0.25) is 0 Å². The van der Waals surface area contributed by atoms with Gasteiger partial charge in [0.1, 0.15) is 0 Å². The lowest BCUT2D eigenvalue weighted by Gasteiger charge is -2.20. The number of para-hydroxylation sites is 2. The highest BCUT2D eigenvalue weighted by atomic mass is 15.1. The molecule has 2 aromatic carbocycles. The zero-order valence-electron chi connectivity index (χ0n) is 12.9. The summed E-state index contributed by atoms with van der Waals surface area (Å²) >= 11 is 0. The van der Waals surface area contributed by atoms with E-state index in [1.165, 1.54) is 11.3 Å². The second kappa shape index (κ2) is 7.39. The topological polar surface area (TPSA) is 27.3 Å². The van der Waals surface area contributed by atoms with Crippen molar-refractivity contribution in [3.8, 4) is 0 Å². The molecule has 3 heteroatoms. The first-order valence-corrected chi connectivity index (χ1v) is 7.17. The van der Waals surface area contributed by atoms with Gasteiger partial charge in [-0.25, -0.2) is 0 Å². The molecule has 0 fully saturated rings. The number of nitrogens with one attached hydrogen (secondary N) is 2. The molecule has 2 N–H and O–H groups in total. The van der Waals surface area contributed by atoms with Crippen LogP contribution in [-0.4, -0.2) is 27.7 Å². The van der Waals surface area contributed by atoms with Crippen molar-refractivity contribution in [2.45, 2.75) is 0 Å². The molecule has 2 aromatic rings. The van der Waals surface area contributed by atoms with Crippen LogP contribution in [0.15, 0.2) is 54.6 Å². The van der Waals surface area contributed by atoms with E-state index in [4.69, 9.17) is 0 Å². The molecular weight excluding hydrogens is 258 g/mol. The summed E-state index contributed by atoms with van der Waals surface area (Å²) in [5.74, 6) is 0. The molecule has 0 aliphatic carbocycles. The van der Waals surface area contributed by atoms with Crippen LogP contribution in [0.1, 0.15) is 5.56 Å². The molecule has 0 heterocycles. The van der Waals surface area contributed by atoms with Gasteiger partial charge in [-0.2, -0.15) is 0 Å². The van der Waals surface area contributed by atoms with E-state index in [2.05, 4.69) is 77.2 Å². The average molecular weight is 281 g/mol. The summed E-state index contributed by atoms with van der Waals surface area (Å²) in [6.07, 6.45) is 4.33. The van der Waals surface area contributed by atoms with Gasteiger partial charge in [-0.05, 0) is 29.8 Å². The first-order chi connectivity index (χ1) is 10.2. The lowest BCUT2D eigenvalue weighted by atomic mass is 10.2. The minimum atomic E-state index is 0.868. The van der Waals surface area contributed by atoms with Gasteiger partial charge in [0.15, 0.2) is 0 Å². The molecular formula is C18H23N3. The van der Waals surface area contributed by atoms with Gasteiger partial charge in [0.2, 0.25) is 0 Å². The Labute approximate surface area is 127 Å². The fourth-order valence-corrected chi connectivity index (χ4v) is 2.22. The van der Waals surface area contributed by atoms with Gasteiger partial charge in [-0.15, -0.1) is 0 Å². The third-order valence-corrected chi connectivity index (χ3v) is 3.47. The molecule has 0 spiro atoms. The number of nitrogens with zero attached hydrogens (tertiary/aromatic N) is 1. The summed E-state index contributed by atoms with van der Waals surface area (Å²) in [7, 11) is 5.98. The summed E-state index contributed by atoms with van der Waals surface area (Å²) in [6.45, 7) is 0.868. The molecule has 0 saturated heterocycles. The molecule has 0 saturated carbocycles. The fourth-order valence-electron chi connectivity index (χ4n) is 2.22. The van der Waals surface area contributed by atoms with E-state index in [1.54, 1.807) is 0 Å². The van der Waals surface area contributed by atoms with Gasteiger partial charge in [0.25, 0.3) is 0 Å². The van der Waals surface area contributed by atoms with E-state index < -0.39 is 0 Å². The maximum Gasteiger partial charge on any atom is 0.0602 e. The van der Waals surface area contributed by atoms with Crippen molar-refractivity contribution < 1.29 is 0 Å². The van der Waals surface area contributed by atoms with E-state index in [0.717, 1.165) is 17.9 Å². The summed E-state index contributed by atoms with van der Waals surface area (Å²) in [4.78, 5) is 2.23. The van der Waals surface area contributed by atoms with Crippen molar-refractivity contribution in [1.82, 2.24) is 0 Å². The second-order valence-corrected chi connectivity index (χ2v) is 4.92. The molecule has 21 heavy (non-hydrogen) atoms. The van der Waals surface area contributed by atoms with Gasteiger partial charge in [-0.3, -0.25) is 0 Å². The highest BCUT2D eigenvalue weighted by Gasteiger charge is 2.03. The number of benzene rings is 2. The predicted molar refractivity (Wildman–Crippen MR) is 94.3 cm³/mol. The Hall–Kier alpha value is -2.42. The second-order valence-electron chi connectivity index (χ2n) is 4.92. The number of likely N-dealkylation sites (N-methyl/N-ethyl adjacent to an activating group) is 1. The van der Waals surface area contributed by atoms with Gasteiger partial charge in [0, 0.05) is 33.4 Å². The molecule has 3 nitrogen and oxygen atoms in total. The standard InChI is InChI=1S/C18H23N3/c1-19-16-12-10-15(11-13-16)7-6-14-21(3)18-9-5-4-8-17(18)20-2/h4-13,19-20H,14H2,1-3H3/b7-6+. The van der Waals surface area contributed by atoms with Crippen molar-refractivity contribution in [2.24, 2.45) is 0 Å². The van der Waals surface area contributed by atoms with Crippen LogP contribution in [0.3, 0.4) is 0 Å². The van der Waals surface area contributed by atoms with Crippen LogP contribution in [-0.2, 0) is 0 Å². The molecule has 110 valence electrons. The van der Waals surface area contributed by atoms with Crippen molar-refractivity contribution >= 4 is 23.1 Å². The summed E-state index contributed by atoms with van der Waals surface area (Å²) in [5.41, 5.74) is 4.69. The third kappa shape index (κ3) is 4.02. The lowest BCUT2D eigenvalue weighted by Crippen LogP contribution is -2.17. The van der Waals surface area contributed by atoms with E-state index in [9.17, 15) is 0 Å². The minimum Gasteiger partial charge on any atom is -0.388 e. The van der Waals surface area contributed by atoms with Crippen molar-refractivity contribution in [2.75, 3.05) is 43.2 Å². The number of anilines is 3. The maximum absolute atomic E-state index is 3.22. The summed E-state index contributed by atoms with van der Waals surface area (Å²) in [6, 6.07) is 16.7. The Bertz CT molecular complexity index is 588. The Kier molecular flexibility index (Phi) is 5.27. The number of hydrogen-bond acceptors (Lipinski definition) is 3. The largest absolute Gasteiger partial charge is 0.388 e. The molecule has 0 amide bonds. The first-order valence-electron chi connectivity index (χ1n) is 7.17. The quantitative estimate of drug-likeness (QED) is 0.840. The van der Waals surface area contributed by atoms with Gasteiger partial charge in [0.05, 0.1) is 11.4 Å². The van der Waals surface area contributed by atoms with Crippen LogP contribution < -0.4 is 15.5 Å². The normalized spacial score (nSPS) is 10.6. The van der Waals surface area contributed by atoms with Crippen molar-refractivity contribution in [1.29, 1.82) is 0 Å². The number of rotatable bonds is 6. The summed E-state index contributed by atoms with van der Waals surface area (Å²) < 4.78 is 0. The molecule has 0 unspecified atom stereocenters. The van der Waals surface area contributed by atoms with Gasteiger partial charge < -0.3 is 15.5 Å². The van der Waals surface area contributed by atoms with Crippen LogP contribution in [0.5, 0.6) is 0 Å². The van der Waals surface area contributed by atoms with E-state index >= 15 is 0 Å². The molecule has 0 aromatic heterocycles. The predicted octanol–water partition coefficient (Wildman–Crippen LogP) is 3.92. The molecule has 0 aliphatic rings. The molecule has 0 bridgehead atoms. The average Bonchev–Trinajstić information content (AvgIpc) is 2.55. The molecule has 0 radical (unpaired) electrons. The maximum atomic E-state index is 3.22. The minimum absolute atomic E-state index is 0.868. The Morgan fingerprint density at radius 3 is 2.33 bits per heavy atom. The lowest BCUT2D eigenvalue weighted by molar-refractivity contribution is 1.03. The third-order valence-electron chi connectivity index (χ3n) is 3.47. The highest BCUT2D eigenvalue weighted by molar-refractivity contribution is 5.69. The van der Waals surface area contributed by atoms with E-state index in [0.29, 0.717) is 0 Å². The zero-order valence-corrected chi connectivity index (χ0v) is 12.9. The van der Waals surface area contributed by atoms with E-state index in [-0.39, 0.29) is 0 Å². The Morgan fingerprint density at radius 2 is 1.67 bits per heavy atom.